The summed E-state index contributed by atoms with van der Waals surface area (Å²) in [5.41, 5.74) is 0.849. The van der Waals surface area contributed by atoms with E-state index in [2.05, 4.69) is 5.32 Å². The number of phenols is 1. The highest BCUT2D eigenvalue weighted by molar-refractivity contribution is 6.23. The summed E-state index contributed by atoms with van der Waals surface area (Å²) in [6, 6.07) is 9.94. The van der Waals surface area contributed by atoms with Crippen molar-refractivity contribution in [1.82, 2.24) is 5.32 Å². The smallest absolute Gasteiger partial charge is 0.338 e. The second-order valence-electron chi connectivity index (χ2n) is 7.35. The molecule has 0 radical (unpaired) electrons. The fourth-order valence-corrected chi connectivity index (χ4v) is 4.29. The number of hydrogen-bond donors (Lipinski definition) is 3. The number of aromatic hydroxyl groups is 1. The summed E-state index contributed by atoms with van der Waals surface area (Å²) in [4.78, 5) is 51.0. The van der Waals surface area contributed by atoms with Crippen LogP contribution < -0.4 is 10.2 Å². The summed E-state index contributed by atoms with van der Waals surface area (Å²) >= 11 is 0. The molecule has 2 aromatic carbocycles. The van der Waals surface area contributed by atoms with Crippen LogP contribution in [0.1, 0.15) is 28.9 Å². The summed E-state index contributed by atoms with van der Waals surface area (Å²) in [6.45, 7) is 1.89. The molecule has 4 rings (SSSR count). The zero-order valence-electron chi connectivity index (χ0n) is 16.5. The van der Waals surface area contributed by atoms with Crippen LogP contribution in [0.2, 0.25) is 0 Å². The first kappa shape index (κ1) is 20.5. The lowest BCUT2D eigenvalue weighted by molar-refractivity contribution is -0.142. The third-order valence-electron chi connectivity index (χ3n) is 5.65. The number of ether oxygens (including phenoxy) is 1. The first-order valence-corrected chi connectivity index (χ1v) is 9.77. The zero-order chi connectivity index (χ0) is 22.3. The van der Waals surface area contributed by atoms with Gasteiger partial charge in [0.15, 0.2) is 0 Å². The minimum absolute atomic E-state index is 0.0951. The molecule has 0 unspecified atom stereocenters. The quantitative estimate of drug-likeness (QED) is 0.485. The maximum atomic E-state index is 13.3. The molecule has 31 heavy (non-hydrogen) atoms. The van der Waals surface area contributed by atoms with Crippen molar-refractivity contribution in [3.63, 3.8) is 0 Å². The van der Waals surface area contributed by atoms with Crippen LogP contribution in [0.3, 0.4) is 0 Å². The van der Waals surface area contributed by atoms with E-state index >= 15 is 0 Å². The molecule has 0 saturated carbocycles. The van der Waals surface area contributed by atoms with Gasteiger partial charge in [0.05, 0.1) is 29.7 Å². The van der Waals surface area contributed by atoms with Gasteiger partial charge in [0.25, 0.3) is 0 Å². The lowest BCUT2D eigenvalue weighted by Gasteiger charge is -2.22. The van der Waals surface area contributed by atoms with Gasteiger partial charge >= 0.3 is 11.9 Å². The van der Waals surface area contributed by atoms with Crippen LogP contribution in [-0.4, -0.2) is 46.6 Å². The van der Waals surface area contributed by atoms with E-state index in [1.807, 2.05) is 0 Å². The van der Waals surface area contributed by atoms with E-state index in [4.69, 9.17) is 4.74 Å². The number of fused-ring (bicyclic) bond motifs is 1. The molecule has 160 valence electrons. The van der Waals surface area contributed by atoms with Gasteiger partial charge in [-0.3, -0.25) is 19.7 Å². The summed E-state index contributed by atoms with van der Waals surface area (Å²) in [5, 5.41) is 22.7. The third kappa shape index (κ3) is 3.32. The summed E-state index contributed by atoms with van der Waals surface area (Å²) in [7, 11) is 0. The van der Waals surface area contributed by atoms with E-state index in [-0.39, 0.29) is 23.6 Å². The number of carbonyl (C=O) groups is 4. The predicted octanol–water partition coefficient (Wildman–Crippen LogP) is 1.47. The Labute approximate surface area is 177 Å². The van der Waals surface area contributed by atoms with Crippen molar-refractivity contribution in [2.75, 3.05) is 11.5 Å². The minimum atomic E-state index is -1.28. The van der Waals surface area contributed by atoms with Crippen molar-refractivity contribution < 1.29 is 34.1 Å². The highest BCUT2D eigenvalue weighted by Crippen LogP contribution is 2.46. The number of amides is 2. The lowest BCUT2D eigenvalue weighted by Crippen LogP contribution is -2.43. The highest BCUT2D eigenvalue weighted by atomic mass is 16.5. The number of carbonyl (C=O) groups excluding carboxylic acids is 3. The van der Waals surface area contributed by atoms with Crippen LogP contribution in [-0.2, 0) is 19.1 Å². The number of anilines is 1. The standard InChI is InChI=1S/C22H20N2O7/c1-2-31-22(30)11-7-9-12(10-8-11)24-19(26)15-16(20(24)27)18(21(28)29)23-17(15)13-5-3-4-6-14(13)25/h3-10,15-18,23,25H,2H2,1H3,(H,28,29)/t15-,16+,17-,18-/m0/s1. The Bertz CT molecular complexity index is 1070. The molecule has 0 bridgehead atoms. The number of nitrogens with one attached hydrogen (secondary N) is 1. The number of nitrogens with zero attached hydrogens (tertiary/aromatic N) is 1. The molecule has 2 heterocycles. The lowest BCUT2D eigenvalue weighted by atomic mass is 9.86. The number of phenolic OH excluding ortho intramolecular Hbond substituents is 1. The van der Waals surface area contributed by atoms with E-state index in [0.29, 0.717) is 5.56 Å². The van der Waals surface area contributed by atoms with E-state index in [1.165, 1.54) is 30.3 Å². The predicted molar refractivity (Wildman–Crippen MR) is 107 cm³/mol. The first-order chi connectivity index (χ1) is 14.8. The third-order valence-corrected chi connectivity index (χ3v) is 5.65. The van der Waals surface area contributed by atoms with E-state index in [0.717, 1.165) is 4.90 Å². The Morgan fingerprint density at radius 1 is 1.03 bits per heavy atom. The van der Waals surface area contributed by atoms with Crippen LogP contribution >= 0.6 is 0 Å². The molecule has 0 aromatic heterocycles. The molecule has 2 aliphatic rings. The zero-order valence-corrected chi connectivity index (χ0v) is 16.5. The SMILES string of the molecule is CCOC(=O)c1ccc(N2C(=O)[C@@H]3[C@H](C2=O)[C@H](c2ccccc2O)N[C@@H]3C(=O)O)cc1. The Kier molecular flexibility index (Phi) is 5.20. The second-order valence-corrected chi connectivity index (χ2v) is 7.35. The number of esters is 1. The molecule has 0 spiro atoms. The molecule has 0 aliphatic carbocycles. The fraction of sp³-hybridized carbons (Fsp3) is 0.273. The number of para-hydroxylation sites is 1. The molecular weight excluding hydrogens is 404 g/mol. The van der Waals surface area contributed by atoms with Crippen molar-refractivity contribution in [3.8, 4) is 5.75 Å². The fourth-order valence-electron chi connectivity index (χ4n) is 4.29. The summed E-state index contributed by atoms with van der Waals surface area (Å²) in [6.07, 6.45) is 0. The van der Waals surface area contributed by atoms with Crippen LogP contribution in [0.25, 0.3) is 0 Å². The highest BCUT2D eigenvalue weighted by Gasteiger charge is 2.61. The van der Waals surface area contributed by atoms with Crippen molar-refractivity contribution >= 4 is 29.4 Å². The monoisotopic (exact) mass is 424 g/mol. The molecular formula is C22H20N2O7. The maximum Gasteiger partial charge on any atom is 0.338 e. The molecule has 2 aromatic rings. The van der Waals surface area contributed by atoms with Crippen LogP contribution in [0.5, 0.6) is 5.75 Å². The van der Waals surface area contributed by atoms with Crippen molar-refractivity contribution in [2.24, 2.45) is 11.8 Å². The molecule has 4 atom stereocenters. The Morgan fingerprint density at radius 3 is 2.29 bits per heavy atom. The number of aliphatic carboxylic acids is 1. The van der Waals surface area contributed by atoms with Crippen LogP contribution in [0, 0.1) is 11.8 Å². The molecule has 2 aliphatic heterocycles. The van der Waals surface area contributed by atoms with Crippen LogP contribution in [0.4, 0.5) is 5.69 Å². The van der Waals surface area contributed by atoms with Gasteiger partial charge in [0.1, 0.15) is 11.8 Å². The number of benzene rings is 2. The topological polar surface area (TPSA) is 133 Å². The molecule has 9 heteroatoms. The van der Waals surface area contributed by atoms with Gasteiger partial charge in [-0.25, -0.2) is 9.69 Å². The van der Waals surface area contributed by atoms with Crippen molar-refractivity contribution in [2.45, 2.75) is 19.0 Å². The second kappa shape index (κ2) is 7.84. The number of carboxylic acids is 1. The summed E-state index contributed by atoms with van der Waals surface area (Å²) < 4.78 is 4.93. The largest absolute Gasteiger partial charge is 0.508 e. The average Bonchev–Trinajstić information content (AvgIpc) is 3.26. The van der Waals surface area contributed by atoms with Gasteiger partial charge in [-0.05, 0) is 37.3 Å². The van der Waals surface area contributed by atoms with Crippen molar-refractivity contribution in [3.05, 3.63) is 59.7 Å². The normalized spacial score (nSPS) is 24.9. The van der Waals surface area contributed by atoms with Gasteiger partial charge < -0.3 is 14.9 Å². The number of hydrogen-bond acceptors (Lipinski definition) is 7. The summed E-state index contributed by atoms with van der Waals surface area (Å²) in [5.74, 6) is -5.21. The Morgan fingerprint density at radius 2 is 1.68 bits per heavy atom. The van der Waals surface area contributed by atoms with Gasteiger partial charge in [0, 0.05) is 11.6 Å². The van der Waals surface area contributed by atoms with Gasteiger partial charge in [0.2, 0.25) is 11.8 Å². The van der Waals surface area contributed by atoms with Crippen LogP contribution in [0.15, 0.2) is 48.5 Å². The van der Waals surface area contributed by atoms with Crippen molar-refractivity contribution in [1.29, 1.82) is 0 Å². The molecule has 2 saturated heterocycles. The van der Waals surface area contributed by atoms with E-state index < -0.39 is 47.7 Å². The minimum Gasteiger partial charge on any atom is -0.508 e. The number of carboxylic acid groups (broad SMARTS) is 1. The maximum absolute atomic E-state index is 13.3. The number of rotatable bonds is 5. The average molecular weight is 424 g/mol. The van der Waals surface area contributed by atoms with Gasteiger partial charge in [-0.2, -0.15) is 0 Å². The van der Waals surface area contributed by atoms with E-state index in [9.17, 15) is 29.4 Å². The number of imide groups is 1. The Balaban J connectivity index is 1.70. The Hall–Kier alpha value is -3.72. The van der Waals surface area contributed by atoms with E-state index in [1.54, 1.807) is 25.1 Å². The van der Waals surface area contributed by atoms with Gasteiger partial charge in [-0.1, -0.05) is 18.2 Å². The molecule has 3 N–H and O–H groups in total. The molecule has 2 amide bonds. The van der Waals surface area contributed by atoms with Gasteiger partial charge in [-0.15, -0.1) is 0 Å². The molecule has 9 nitrogen and oxygen atoms in total. The first-order valence-electron chi connectivity index (χ1n) is 9.77. The molecule has 2 fully saturated rings.